The summed E-state index contributed by atoms with van der Waals surface area (Å²) in [6.07, 6.45) is 28.3. The summed E-state index contributed by atoms with van der Waals surface area (Å²) in [5.41, 5.74) is 1.92. The molecule has 0 N–H and O–H groups in total. The van der Waals surface area contributed by atoms with Gasteiger partial charge in [-0.3, -0.25) is 9.69 Å². The maximum absolute atomic E-state index is 13.3. The lowest BCUT2D eigenvalue weighted by Gasteiger charge is -2.33. The first kappa shape index (κ1) is 37.2. The highest BCUT2D eigenvalue weighted by Crippen LogP contribution is 2.34. The van der Waals surface area contributed by atoms with Crippen LogP contribution in [0.25, 0.3) is 0 Å². The Morgan fingerprint density at radius 3 is 2.26 bits per heavy atom. The fourth-order valence-electron chi connectivity index (χ4n) is 4.94. The summed E-state index contributed by atoms with van der Waals surface area (Å²) in [6.45, 7) is 4.78. The van der Waals surface area contributed by atoms with Crippen LogP contribution in [0.4, 0.5) is 0 Å². The number of hydrogen-bond donors (Lipinski definition) is 0. The van der Waals surface area contributed by atoms with Gasteiger partial charge in [0.2, 0.25) is 6.29 Å². The van der Waals surface area contributed by atoms with Crippen LogP contribution >= 0.6 is 22.9 Å². The van der Waals surface area contributed by atoms with Crippen molar-refractivity contribution in [2.75, 3.05) is 13.3 Å². The van der Waals surface area contributed by atoms with Crippen molar-refractivity contribution >= 4 is 34.9 Å². The van der Waals surface area contributed by atoms with E-state index in [-0.39, 0.29) is 19.2 Å². The van der Waals surface area contributed by atoms with Gasteiger partial charge in [0.25, 0.3) is 0 Å². The number of hydrogen-bond acceptors (Lipinski definition) is 7. The van der Waals surface area contributed by atoms with E-state index in [2.05, 4.69) is 84.0 Å². The highest BCUT2D eigenvalue weighted by Gasteiger charge is 2.33. The molecule has 248 valence electrons. The zero-order valence-electron chi connectivity index (χ0n) is 27.2. The topological polar surface area (TPSA) is 65.1 Å². The molecular weight excluding hydrogens is 618 g/mol. The van der Waals surface area contributed by atoms with Crippen LogP contribution in [-0.4, -0.2) is 36.5 Å². The number of allylic oxidation sites excluding steroid dienone is 10. The number of nitrogens with zero attached hydrogens (tertiary/aromatic N) is 1. The van der Waals surface area contributed by atoms with Gasteiger partial charge in [-0.25, -0.2) is 4.79 Å². The molecule has 0 aliphatic carbocycles. The van der Waals surface area contributed by atoms with Crippen molar-refractivity contribution in [3.05, 3.63) is 117 Å². The molecule has 2 heterocycles. The molecule has 0 bridgehead atoms. The number of thiophene rings is 1. The fraction of sp³-hybridized carbons (Fsp3) is 0.421. The lowest BCUT2D eigenvalue weighted by atomic mass is 10.0. The largest absolute Gasteiger partial charge is 0.437 e. The normalized spacial score (nSPS) is 15.4. The number of rotatable bonds is 20. The molecular formula is C38H48ClNO5S. The number of benzene rings is 1. The van der Waals surface area contributed by atoms with Gasteiger partial charge < -0.3 is 14.2 Å². The van der Waals surface area contributed by atoms with Gasteiger partial charge in [-0.05, 0) is 86.9 Å². The fourth-order valence-corrected chi connectivity index (χ4v) is 6.07. The number of halogens is 1. The summed E-state index contributed by atoms with van der Waals surface area (Å²) in [4.78, 5) is 29.0. The average Bonchev–Trinajstić information content (AvgIpc) is 3.52. The molecule has 2 aromatic rings. The van der Waals surface area contributed by atoms with Gasteiger partial charge >= 0.3 is 11.9 Å². The second kappa shape index (κ2) is 22.3. The van der Waals surface area contributed by atoms with Crippen LogP contribution in [0.2, 0.25) is 5.02 Å². The van der Waals surface area contributed by atoms with E-state index in [9.17, 15) is 9.59 Å². The van der Waals surface area contributed by atoms with E-state index in [0.29, 0.717) is 30.1 Å². The molecule has 8 heteroatoms. The van der Waals surface area contributed by atoms with E-state index in [1.165, 1.54) is 10.4 Å². The Balaban J connectivity index is 1.28. The van der Waals surface area contributed by atoms with Crippen molar-refractivity contribution < 1.29 is 23.8 Å². The number of fused-ring (bicyclic) bond motifs is 1. The highest BCUT2D eigenvalue weighted by atomic mass is 35.5. The Hall–Kier alpha value is -3.23. The van der Waals surface area contributed by atoms with Crippen LogP contribution in [0.3, 0.4) is 0 Å². The third-order valence-corrected chi connectivity index (χ3v) is 8.70. The molecule has 0 spiro atoms. The van der Waals surface area contributed by atoms with Gasteiger partial charge in [0.05, 0.1) is 0 Å². The minimum absolute atomic E-state index is 0.288. The van der Waals surface area contributed by atoms with Gasteiger partial charge in [0, 0.05) is 29.4 Å². The molecule has 1 aromatic heterocycles. The molecule has 0 fully saturated rings. The van der Waals surface area contributed by atoms with Gasteiger partial charge in [-0.1, -0.05) is 97.5 Å². The van der Waals surface area contributed by atoms with E-state index in [1.807, 2.05) is 18.2 Å². The number of ether oxygens (including phenoxy) is 3. The first-order valence-electron chi connectivity index (χ1n) is 16.3. The van der Waals surface area contributed by atoms with Crippen LogP contribution in [0, 0.1) is 0 Å². The van der Waals surface area contributed by atoms with E-state index in [1.54, 1.807) is 24.3 Å². The summed E-state index contributed by atoms with van der Waals surface area (Å²) in [5.74, 6) is -0.803. The van der Waals surface area contributed by atoms with Gasteiger partial charge in [-0.2, -0.15) is 0 Å². The van der Waals surface area contributed by atoms with E-state index in [4.69, 9.17) is 25.8 Å². The molecule has 0 saturated carbocycles. The van der Waals surface area contributed by atoms with Crippen molar-refractivity contribution in [1.29, 1.82) is 0 Å². The Morgan fingerprint density at radius 1 is 0.935 bits per heavy atom. The van der Waals surface area contributed by atoms with Crippen LogP contribution in [0.5, 0.6) is 0 Å². The number of esters is 2. The second-order valence-corrected chi connectivity index (χ2v) is 12.3. The zero-order chi connectivity index (χ0) is 32.8. The third kappa shape index (κ3) is 14.0. The average molecular weight is 666 g/mol. The van der Waals surface area contributed by atoms with E-state index >= 15 is 0 Å². The van der Waals surface area contributed by atoms with Crippen molar-refractivity contribution in [2.24, 2.45) is 0 Å². The van der Waals surface area contributed by atoms with Crippen molar-refractivity contribution in [3.63, 3.8) is 0 Å². The predicted octanol–water partition coefficient (Wildman–Crippen LogP) is 9.83. The molecule has 1 aromatic carbocycles. The molecule has 46 heavy (non-hydrogen) atoms. The number of carbonyl (C=O) groups is 2. The zero-order valence-corrected chi connectivity index (χ0v) is 28.7. The Labute approximate surface area is 284 Å². The summed E-state index contributed by atoms with van der Waals surface area (Å²) >= 11 is 8.24. The standard InChI is InChI=1S/C38H48ClNO5S/c1-3-4-5-6-7-8-9-10-11-12-13-14-15-16-17-18-19-24-36(41)45-31(2)43-30-44-38(42)37(33-22-20-21-23-34(33)39)40-27-25-35-32(29-40)26-28-46-35/h4-5,7-8,10-11,13-14,16-17,20-23,26,28,31,37H,3,6,9,12,15,18-19,24-25,27,29-30H2,1-2H3/t31?,37-/m0/s1. The molecule has 0 amide bonds. The van der Waals surface area contributed by atoms with Crippen LogP contribution in [-0.2, 0) is 36.8 Å². The second-order valence-electron chi connectivity index (χ2n) is 10.9. The van der Waals surface area contributed by atoms with Crippen LogP contribution in [0.1, 0.15) is 87.3 Å². The van der Waals surface area contributed by atoms with Gasteiger partial charge in [0.15, 0.2) is 6.79 Å². The molecule has 2 atom stereocenters. The molecule has 0 saturated heterocycles. The Kier molecular flexibility index (Phi) is 18.1. The molecule has 1 aliphatic heterocycles. The summed E-state index contributed by atoms with van der Waals surface area (Å²) in [7, 11) is 0. The number of unbranched alkanes of at least 4 members (excludes halogenated alkanes) is 1. The lowest BCUT2D eigenvalue weighted by molar-refractivity contribution is -0.202. The molecule has 1 aliphatic rings. The minimum atomic E-state index is -0.837. The van der Waals surface area contributed by atoms with Crippen molar-refractivity contribution in [1.82, 2.24) is 4.90 Å². The van der Waals surface area contributed by atoms with Crippen LogP contribution in [0.15, 0.2) is 96.5 Å². The molecule has 0 radical (unpaired) electrons. The highest BCUT2D eigenvalue weighted by molar-refractivity contribution is 7.10. The smallest absolute Gasteiger partial charge is 0.330 e. The Morgan fingerprint density at radius 2 is 1.59 bits per heavy atom. The minimum Gasteiger partial charge on any atom is -0.437 e. The first-order chi connectivity index (χ1) is 22.5. The SMILES string of the molecule is CCC=CCC=CCC=CCC=CCC=CCCCC(=O)OC(C)OCOC(=O)[C@H](c1ccccc1Cl)N1CCc2sccc2C1. The van der Waals surface area contributed by atoms with Crippen molar-refractivity contribution in [3.8, 4) is 0 Å². The lowest BCUT2D eigenvalue weighted by Crippen LogP contribution is -2.39. The maximum atomic E-state index is 13.3. The first-order valence-corrected chi connectivity index (χ1v) is 17.5. The molecule has 1 unspecified atom stereocenters. The third-order valence-electron chi connectivity index (χ3n) is 7.34. The van der Waals surface area contributed by atoms with E-state index < -0.39 is 18.3 Å². The van der Waals surface area contributed by atoms with Crippen molar-refractivity contribution in [2.45, 2.75) is 90.5 Å². The summed E-state index contributed by atoms with van der Waals surface area (Å²) < 4.78 is 16.4. The predicted molar refractivity (Wildman–Crippen MR) is 189 cm³/mol. The maximum Gasteiger partial charge on any atom is 0.330 e. The number of carbonyl (C=O) groups excluding carboxylic acids is 2. The van der Waals surface area contributed by atoms with E-state index in [0.717, 1.165) is 44.9 Å². The van der Waals surface area contributed by atoms with Gasteiger partial charge in [-0.15, -0.1) is 11.3 Å². The molecule has 3 rings (SSSR count). The van der Waals surface area contributed by atoms with Gasteiger partial charge in [0.1, 0.15) is 6.04 Å². The molecule has 6 nitrogen and oxygen atoms in total. The summed E-state index contributed by atoms with van der Waals surface area (Å²) in [6, 6.07) is 8.76. The van der Waals surface area contributed by atoms with Crippen LogP contribution < -0.4 is 0 Å². The quantitative estimate of drug-likeness (QED) is 0.0607. The monoisotopic (exact) mass is 665 g/mol. The summed E-state index contributed by atoms with van der Waals surface area (Å²) in [5, 5.41) is 2.59. The Bertz CT molecular complexity index is 1340.